The molecule has 2 amide bonds. The van der Waals surface area contributed by atoms with Crippen LogP contribution in [0.4, 0.5) is 11.4 Å². The third kappa shape index (κ3) is 3.49. The zero-order valence-corrected chi connectivity index (χ0v) is 17.8. The number of cyclic esters (lactones) is 2. The van der Waals surface area contributed by atoms with Gasteiger partial charge in [0.1, 0.15) is 0 Å². The molecule has 12 heteroatoms. The fraction of sp³-hybridized carbons (Fsp3) is 0. The summed E-state index contributed by atoms with van der Waals surface area (Å²) >= 11 is 0. The Morgan fingerprint density at radius 3 is 1.67 bits per heavy atom. The SMILES string of the molecule is O=C1NC(=O)c2cc([N+](=O)[O-])cc3cccc1c23.O=C1OC(=O)c2cc([N+](=O)[O-])cc3cccc1c23. The smallest absolute Gasteiger partial charge is 0.346 e. The lowest BCUT2D eigenvalue weighted by Gasteiger charge is -2.15. The van der Waals surface area contributed by atoms with Gasteiger partial charge in [-0.05, 0) is 22.9 Å². The predicted octanol–water partition coefficient (Wildman–Crippen LogP) is 3.69. The number of ether oxygens (including phenoxy) is 1. The molecular formula is C24H11N3O9. The summed E-state index contributed by atoms with van der Waals surface area (Å²) in [5, 5.41) is 25.6. The Labute approximate surface area is 199 Å². The number of nitrogens with zero attached hydrogens (tertiary/aromatic N) is 2. The molecule has 0 saturated carbocycles. The van der Waals surface area contributed by atoms with Gasteiger partial charge in [-0.1, -0.05) is 24.3 Å². The van der Waals surface area contributed by atoms with Gasteiger partial charge in [-0.25, -0.2) is 9.59 Å². The number of carbonyl (C=O) groups excluding carboxylic acids is 4. The van der Waals surface area contributed by atoms with Crippen molar-refractivity contribution >= 4 is 56.7 Å². The maximum atomic E-state index is 11.7. The monoisotopic (exact) mass is 485 g/mol. The number of nitro groups is 2. The molecular weight excluding hydrogens is 474 g/mol. The van der Waals surface area contributed by atoms with Crippen molar-refractivity contribution in [3.8, 4) is 0 Å². The normalized spacial score (nSPS) is 13.6. The van der Waals surface area contributed by atoms with E-state index in [1.54, 1.807) is 30.3 Å². The van der Waals surface area contributed by atoms with Crippen LogP contribution >= 0.6 is 0 Å². The summed E-state index contributed by atoms with van der Waals surface area (Å²) in [6.07, 6.45) is 0. The molecule has 6 rings (SSSR count). The Bertz CT molecular complexity index is 1600. The predicted molar refractivity (Wildman–Crippen MR) is 123 cm³/mol. The maximum absolute atomic E-state index is 11.7. The zero-order chi connectivity index (χ0) is 25.7. The van der Waals surface area contributed by atoms with Gasteiger partial charge < -0.3 is 4.74 Å². The van der Waals surface area contributed by atoms with E-state index >= 15 is 0 Å². The zero-order valence-electron chi connectivity index (χ0n) is 17.8. The lowest BCUT2D eigenvalue weighted by molar-refractivity contribution is -0.384. The highest BCUT2D eigenvalue weighted by Gasteiger charge is 2.29. The molecule has 0 radical (unpaired) electrons. The first-order valence-corrected chi connectivity index (χ1v) is 10.2. The van der Waals surface area contributed by atoms with Crippen LogP contribution in [0.15, 0.2) is 60.7 Å². The van der Waals surface area contributed by atoms with Crippen LogP contribution in [0.3, 0.4) is 0 Å². The number of rotatable bonds is 2. The van der Waals surface area contributed by atoms with Crippen molar-refractivity contribution in [2.45, 2.75) is 0 Å². The first kappa shape index (κ1) is 22.3. The number of amides is 2. The number of esters is 2. The first-order valence-electron chi connectivity index (χ1n) is 10.2. The fourth-order valence-corrected chi connectivity index (χ4v) is 4.17. The van der Waals surface area contributed by atoms with Crippen LogP contribution < -0.4 is 5.32 Å². The van der Waals surface area contributed by atoms with Crippen LogP contribution in [0, 0.1) is 20.2 Å². The number of nitrogens with one attached hydrogen (secondary N) is 1. The van der Waals surface area contributed by atoms with Crippen molar-refractivity contribution in [3.05, 3.63) is 103 Å². The summed E-state index contributed by atoms with van der Waals surface area (Å²) in [7, 11) is 0. The molecule has 0 atom stereocenters. The average Bonchev–Trinajstić information content (AvgIpc) is 2.85. The molecule has 2 aliphatic heterocycles. The molecule has 4 aromatic carbocycles. The van der Waals surface area contributed by atoms with Crippen molar-refractivity contribution in [3.63, 3.8) is 0 Å². The van der Waals surface area contributed by atoms with E-state index in [1.807, 2.05) is 0 Å². The molecule has 4 aromatic rings. The van der Waals surface area contributed by atoms with E-state index in [0.717, 1.165) is 6.07 Å². The quantitative estimate of drug-likeness (QED) is 0.146. The van der Waals surface area contributed by atoms with Crippen LogP contribution in [-0.2, 0) is 4.74 Å². The van der Waals surface area contributed by atoms with E-state index in [2.05, 4.69) is 10.1 Å². The lowest BCUT2D eigenvalue weighted by Crippen LogP contribution is -2.34. The summed E-state index contributed by atoms with van der Waals surface area (Å²) < 4.78 is 4.54. The highest BCUT2D eigenvalue weighted by molar-refractivity contribution is 6.26. The van der Waals surface area contributed by atoms with E-state index in [9.17, 15) is 39.4 Å². The topological polar surface area (TPSA) is 176 Å². The van der Waals surface area contributed by atoms with Crippen molar-refractivity contribution in [2.75, 3.05) is 0 Å². The molecule has 2 heterocycles. The number of non-ortho nitro benzene ring substituents is 2. The average molecular weight is 485 g/mol. The van der Waals surface area contributed by atoms with Crippen LogP contribution in [0.25, 0.3) is 21.5 Å². The second-order valence-corrected chi connectivity index (χ2v) is 7.77. The van der Waals surface area contributed by atoms with Crippen LogP contribution in [0.1, 0.15) is 41.4 Å². The molecule has 0 aromatic heterocycles. The molecule has 176 valence electrons. The Kier molecular flexibility index (Phi) is 4.99. The summed E-state index contributed by atoms with van der Waals surface area (Å²) in [5.74, 6) is -2.67. The van der Waals surface area contributed by atoms with Gasteiger partial charge in [-0.3, -0.25) is 35.1 Å². The Morgan fingerprint density at radius 2 is 1.08 bits per heavy atom. The Balaban J connectivity index is 0.000000148. The van der Waals surface area contributed by atoms with Crippen molar-refractivity contribution in [2.24, 2.45) is 0 Å². The second-order valence-electron chi connectivity index (χ2n) is 7.77. The molecule has 0 saturated heterocycles. The fourth-order valence-electron chi connectivity index (χ4n) is 4.17. The van der Waals surface area contributed by atoms with E-state index < -0.39 is 33.6 Å². The number of nitro benzene ring substituents is 2. The number of hydrogen-bond donors (Lipinski definition) is 1. The highest BCUT2D eigenvalue weighted by atomic mass is 16.6. The summed E-state index contributed by atoms with van der Waals surface area (Å²) in [4.78, 5) is 66.9. The third-order valence-electron chi connectivity index (χ3n) is 5.69. The van der Waals surface area contributed by atoms with Gasteiger partial charge in [0.15, 0.2) is 0 Å². The van der Waals surface area contributed by atoms with Crippen molar-refractivity contribution < 1.29 is 33.8 Å². The Morgan fingerprint density at radius 1 is 0.611 bits per heavy atom. The molecule has 0 aliphatic carbocycles. The van der Waals surface area contributed by atoms with Crippen LogP contribution in [-0.4, -0.2) is 33.6 Å². The molecule has 0 unspecified atom stereocenters. The molecule has 1 N–H and O–H groups in total. The van der Waals surface area contributed by atoms with Gasteiger partial charge >= 0.3 is 11.9 Å². The van der Waals surface area contributed by atoms with Crippen LogP contribution in [0.5, 0.6) is 0 Å². The summed E-state index contributed by atoms with van der Waals surface area (Å²) in [6, 6.07) is 14.6. The first-order chi connectivity index (χ1) is 17.2. The minimum absolute atomic E-state index is 0.0504. The molecule has 2 aliphatic rings. The van der Waals surface area contributed by atoms with E-state index in [4.69, 9.17) is 0 Å². The highest BCUT2D eigenvalue weighted by Crippen LogP contribution is 2.32. The Hall–Kier alpha value is -5.52. The van der Waals surface area contributed by atoms with Gasteiger partial charge in [-0.15, -0.1) is 0 Å². The van der Waals surface area contributed by atoms with Crippen LogP contribution in [0.2, 0.25) is 0 Å². The number of hydrogen-bond acceptors (Lipinski definition) is 9. The van der Waals surface area contributed by atoms with E-state index in [0.29, 0.717) is 27.1 Å². The van der Waals surface area contributed by atoms with Crippen molar-refractivity contribution in [1.82, 2.24) is 5.32 Å². The van der Waals surface area contributed by atoms with Gasteiger partial charge in [0, 0.05) is 40.6 Å². The second kappa shape index (κ2) is 8.06. The molecule has 0 fully saturated rings. The molecule has 0 spiro atoms. The molecule has 36 heavy (non-hydrogen) atoms. The number of carbonyl (C=O) groups is 4. The third-order valence-corrected chi connectivity index (χ3v) is 5.69. The number of imide groups is 1. The molecule has 12 nitrogen and oxygen atoms in total. The van der Waals surface area contributed by atoms with E-state index in [1.165, 1.54) is 24.3 Å². The standard InChI is InChI=1S/C12H6N2O4.C12H5NO5/c15-11-8-3-1-2-6-4-7(14(17)18)5-9(10(6)8)12(16)13-11;14-11-8-3-1-2-6-4-7(13(16)17)5-9(10(6)8)12(15)18-11/h1-5H,(H,13,15,16);1-5H. The lowest BCUT2D eigenvalue weighted by atomic mass is 9.95. The van der Waals surface area contributed by atoms with Crippen molar-refractivity contribution in [1.29, 1.82) is 0 Å². The van der Waals surface area contributed by atoms with Gasteiger partial charge in [0.2, 0.25) is 0 Å². The summed E-state index contributed by atoms with van der Waals surface area (Å²) in [6.45, 7) is 0. The molecule has 0 bridgehead atoms. The van der Waals surface area contributed by atoms with Gasteiger partial charge in [0.25, 0.3) is 23.2 Å². The van der Waals surface area contributed by atoms with Gasteiger partial charge in [0.05, 0.1) is 26.5 Å². The minimum atomic E-state index is -0.854. The largest absolute Gasteiger partial charge is 0.386 e. The summed E-state index contributed by atoms with van der Waals surface area (Å²) in [5.41, 5.74) is 0.442. The van der Waals surface area contributed by atoms with Gasteiger partial charge in [-0.2, -0.15) is 0 Å². The number of benzene rings is 4. The maximum Gasteiger partial charge on any atom is 0.346 e. The minimum Gasteiger partial charge on any atom is -0.386 e. The van der Waals surface area contributed by atoms with E-state index in [-0.39, 0.29) is 28.1 Å².